The second-order valence-electron chi connectivity index (χ2n) is 4.21. The molecule has 0 aromatic carbocycles. The van der Waals surface area contributed by atoms with Crippen LogP contribution in [0.4, 0.5) is 0 Å². The van der Waals surface area contributed by atoms with Gasteiger partial charge < -0.3 is 23.6 Å². The predicted octanol–water partition coefficient (Wildman–Crippen LogP) is 1.68. The van der Waals surface area contributed by atoms with E-state index in [9.17, 15) is 0 Å². The van der Waals surface area contributed by atoms with Crippen LogP contribution in [-0.4, -0.2) is 49.1 Å². The monoisotopic (exact) mass is 380 g/mol. The van der Waals surface area contributed by atoms with Gasteiger partial charge >= 0.3 is 21.1 Å². The van der Waals surface area contributed by atoms with E-state index in [1.807, 2.05) is 0 Å². The van der Waals surface area contributed by atoms with Crippen molar-refractivity contribution in [3.8, 4) is 0 Å². The van der Waals surface area contributed by atoms with Gasteiger partial charge in [-0.2, -0.15) is 6.92 Å². The molecule has 88 valence electrons. The molecule has 2 heterocycles. The Kier molecular flexibility index (Phi) is 8.13. The number of likely N-dealkylation sites (N-methyl/N-ethyl adjacent to an activating group) is 1. The van der Waals surface area contributed by atoms with Crippen molar-refractivity contribution < 1.29 is 21.1 Å². The molecule has 0 spiro atoms. The van der Waals surface area contributed by atoms with Gasteiger partial charge in [0, 0.05) is 12.6 Å². The minimum Gasteiger partial charge on any atom is -0.346 e. The molecular weight excluding hydrogens is 356 g/mol. The van der Waals surface area contributed by atoms with Gasteiger partial charge in [0.1, 0.15) is 0 Å². The number of piperidine rings is 1. The summed E-state index contributed by atoms with van der Waals surface area (Å²) in [5.41, 5.74) is 0. The first kappa shape index (κ1) is 15.6. The molecule has 3 heteroatoms. The van der Waals surface area contributed by atoms with Gasteiger partial charge in [-0.1, -0.05) is 0 Å². The summed E-state index contributed by atoms with van der Waals surface area (Å²) in [6, 6.07) is 0.834. The summed E-state index contributed by atoms with van der Waals surface area (Å²) in [6.45, 7) is 13.8. The minimum absolute atomic E-state index is 0. The van der Waals surface area contributed by atoms with Crippen LogP contribution in [0.3, 0.4) is 0 Å². The van der Waals surface area contributed by atoms with Gasteiger partial charge in [-0.05, 0) is 38.9 Å². The van der Waals surface area contributed by atoms with Crippen LogP contribution in [0.1, 0.15) is 19.8 Å². The molecule has 0 aliphatic carbocycles. The van der Waals surface area contributed by atoms with Crippen molar-refractivity contribution >= 4 is 0 Å². The van der Waals surface area contributed by atoms with Gasteiger partial charge in [-0.3, -0.25) is 0 Å². The molecular formula is C12H24N2W. The van der Waals surface area contributed by atoms with Crippen molar-refractivity contribution in [1.29, 1.82) is 0 Å². The molecule has 2 aliphatic heterocycles. The summed E-state index contributed by atoms with van der Waals surface area (Å²) in [4.78, 5) is 5.01. The second kappa shape index (κ2) is 7.81. The third-order valence-corrected chi connectivity index (χ3v) is 3.45. The summed E-state index contributed by atoms with van der Waals surface area (Å²) >= 11 is 0. The Hall–Kier alpha value is 0.608. The Morgan fingerprint density at radius 2 is 1.93 bits per heavy atom. The fraction of sp³-hybridized carbons (Fsp3) is 0.833. The van der Waals surface area contributed by atoms with Crippen LogP contribution in [0, 0.1) is 19.8 Å². The van der Waals surface area contributed by atoms with Crippen LogP contribution in [0.25, 0.3) is 0 Å². The van der Waals surface area contributed by atoms with Crippen molar-refractivity contribution in [2.45, 2.75) is 25.8 Å². The maximum absolute atomic E-state index is 3.96. The van der Waals surface area contributed by atoms with Crippen molar-refractivity contribution in [3.05, 3.63) is 13.8 Å². The predicted molar refractivity (Wildman–Crippen MR) is 62.0 cm³/mol. The first-order valence-electron chi connectivity index (χ1n) is 5.74. The van der Waals surface area contributed by atoms with E-state index in [0.29, 0.717) is 0 Å². The van der Waals surface area contributed by atoms with Crippen LogP contribution in [0.15, 0.2) is 0 Å². The topological polar surface area (TPSA) is 6.48 Å². The first-order chi connectivity index (χ1) is 6.81. The smallest absolute Gasteiger partial charge is 0.346 e. The molecule has 0 radical (unpaired) electrons. The summed E-state index contributed by atoms with van der Waals surface area (Å²) < 4.78 is 0. The zero-order valence-electron chi connectivity index (χ0n) is 10.1. The molecule has 0 N–H and O–H groups in total. The first-order valence-corrected chi connectivity index (χ1v) is 5.74. The normalized spacial score (nSPS) is 31.2. The molecule has 2 nitrogen and oxygen atoms in total. The van der Waals surface area contributed by atoms with E-state index in [-0.39, 0.29) is 21.1 Å². The summed E-state index contributed by atoms with van der Waals surface area (Å²) in [7, 11) is 2.27. The van der Waals surface area contributed by atoms with Crippen molar-refractivity contribution in [2.24, 2.45) is 5.92 Å². The maximum atomic E-state index is 3.96. The molecule has 2 unspecified atom stereocenters. The van der Waals surface area contributed by atoms with Crippen LogP contribution >= 0.6 is 0 Å². The van der Waals surface area contributed by atoms with Crippen molar-refractivity contribution in [3.63, 3.8) is 0 Å². The fourth-order valence-electron chi connectivity index (χ4n) is 2.68. The van der Waals surface area contributed by atoms with E-state index in [2.05, 4.69) is 30.7 Å². The number of nitrogens with zero attached hydrogens (tertiary/aromatic N) is 2. The average Bonchev–Trinajstić information content (AvgIpc) is 2.65. The number of likely N-dealkylation sites (tertiary alicyclic amines) is 2. The second-order valence-corrected chi connectivity index (χ2v) is 4.21. The number of rotatable bonds is 1. The van der Waals surface area contributed by atoms with E-state index in [4.69, 9.17) is 0 Å². The standard InChI is InChI=1S/C10H19N2.C2H5.W/c1-3-12-7-9-5-4-6-11(2)10(9)8-12;1-2;/h9-10H,1,3-8H2,2H3;1H2,2H3;/q2*-1;+2. The molecule has 2 atom stereocenters. The van der Waals surface area contributed by atoms with Crippen LogP contribution in [-0.2, 0) is 21.1 Å². The Labute approximate surface area is 110 Å². The number of fused-ring (bicyclic) bond motifs is 1. The average molecular weight is 380 g/mol. The Morgan fingerprint density at radius 3 is 2.47 bits per heavy atom. The Balaban J connectivity index is 0.000000617. The molecule has 2 aliphatic rings. The fourth-order valence-corrected chi connectivity index (χ4v) is 2.68. The largest absolute Gasteiger partial charge is 2.00 e. The van der Waals surface area contributed by atoms with Gasteiger partial charge in [-0.25, -0.2) is 0 Å². The maximum Gasteiger partial charge on any atom is 2.00 e. The van der Waals surface area contributed by atoms with Gasteiger partial charge in [0.25, 0.3) is 0 Å². The molecule has 2 fully saturated rings. The molecule has 2 rings (SSSR count). The van der Waals surface area contributed by atoms with Crippen molar-refractivity contribution in [2.75, 3.05) is 33.2 Å². The van der Waals surface area contributed by atoms with E-state index in [1.165, 1.54) is 32.5 Å². The molecule has 0 bridgehead atoms. The minimum atomic E-state index is 0. The van der Waals surface area contributed by atoms with Gasteiger partial charge in [0.15, 0.2) is 0 Å². The molecule has 2 saturated heterocycles. The van der Waals surface area contributed by atoms with Crippen LogP contribution < -0.4 is 0 Å². The quantitative estimate of drug-likeness (QED) is 0.639. The Morgan fingerprint density at radius 1 is 1.27 bits per heavy atom. The van der Waals surface area contributed by atoms with Gasteiger partial charge in [0.2, 0.25) is 0 Å². The SMILES string of the molecule is [CH2-]C.[CH2-]CN1CC2CCCN(C)C2C1.[W+2]. The number of hydrogen-bond acceptors (Lipinski definition) is 2. The number of hydrogen-bond donors (Lipinski definition) is 0. The third-order valence-electron chi connectivity index (χ3n) is 3.45. The Bertz CT molecular complexity index is 164. The molecule has 0 amide bonds. The van der Waals surface area contributed by atoms with E-state index in [0.717, 1.165) is 18.5 Å². The van der Waals surface area contributed by atoms with E-state index >= 15 is 0 Å². The van der Waals surface area contributed by atoms with Crippen molar-refractivity contribution in [1.82, 2.24) is 9.80 Å². The summed E-state index contributed by atoms with van der Waals surface area (Å²) in [5, 5.41) is 0. The third kappa shape index (κ3) is 3.83. The molecule has 0 saturated carbocycles. The van der Waals surface area contributed by atoms with Crippen LogP contribution in [0.5, 0.6) is 0 Å². The van der Waals surface area contributed by atoms with E-state index in [1.54, 1.807) is 6.92 Å². The van der Waals surface area contributed by atoms with Crippen LogP contribution in [0.2, 0.25) is 0 Å². The van der Waals surface area contributed by atoms with Gasteiger partial charge in [-0.15, -0.1) is 6.54 Å². The zero-order valence-corrected chi connectivity index (χ0v) is 13.0. The molecule has 0 aromatic heterocycles. The molecule has 15 heavy (non-hydrogen) atoms. The summed E-state index contributed by atoms with van der Waals surface area (Å²) in [5.74, 6) is 0.936. The molecule has 0 aromatic rings. The zero-order chi connectivity index (χ0) is 10.6. The summed E-state index contributed by atoms with van der Waals surface area (Å²) in [6.07, 6.45) is 2.83. The van der Waals surface area contributed by atoms with E-state index < -0.39 is 0 Å². The van der Waals surface area contributed by atoms with Gasteiger partial charge in [0.05, 0.1) is 0 Å².